The van der Waals surface area contributed by atoms with Crippen LogP contribution in [0.15, 0.2) is 24.3 Å². The first kappa shape index (κ1) is 15.5. The molecule has 0 bridgehead atoms. The van der Waals surface area contributed by atoms with E-state index in [1.54, 1.807) is 12.1 Å². The highest BCUT2D eigenvalue weighted by molar-refractivity contribution is 6.04. The van der Waals surface area contributed by atoms with Crippen molar-refractivity contribution in [2.24, 2.45) is 5.92 Å². The van der Waals surface area contributed by atoms with Gasteiger partial charge < -0.3 is 5.32 Å². The quantitative estimate of drug-likeness (QED) is 0.820. The van der Waals surface area contributed by atoms with Crippen LogP contribution in [-0.2, 0) is 11.2 Å². The van der Waals surface area contributed by atoms with E-state index in [1.807, 2.05) is 0 Å². The van der Waals surface area contributed by atoms with Crippen molar-refractivity contribution in [3.8, 4) is 0 Å². The molecule has 0 saturated carbocycles. The topological polar surface area (TPSA) is 49.4 Å². The van der Waals surface area contributed by atoms with Crippen molar-refractivity contribution in [3.63, 3.8) is 0 Å². The highest BCUT2D eigenvalue weighted by Gasteiger charge is 2.37. The molecule has 1 heterocycles. The predicted molar refractivity (Wildman–Crippen MR) is 78.2 cm³/mol. The van der Waals surface area contributed by atoms with E-state index >= 15 is 0 Å². The molecule has 4 nitrogen and oxygen atoms in total. The molecule has 3 amide bonds. The van der Waals surface area contributed by atoms with Crippen molar-refractivity contribution in [2.45, 2.75) is 39.2 Å². The van der Waals surface area contributed by atoms with Gasteiger partial charge in [-0.25, -0.2) is 9.18 Å². The zero-order chi connectivity index (χ0) is 15.4. The van der Waals surface area contributed by atoms with Crippen molar-refractivity contribution in [2.75, 3.05) is 6.54 Å². The Morgan fingerprint density at radius 1 is 1.24 bits per heavy atom. The van der Waals surface area contributed by atoms with E-state index in [0.717, 1.165) is 18.4 Å². The van der Waals surface area contributed by atoms with Crippen LogP contribution in [0.3, 0.4) is 0 Å². The average Bonchev–Trinajstić information content (AvgIpc) is 2.68. The van der Waals surface area contributed by atoms with Crippen LogP contribution >= 0.6 is 0 Å². The number of nitrogens with zero attached hydrogens (tertiary/aromatic N) is 1. The van der Waals surface area contributed by atoms with Gasteiger partial charge in [0.25, 0.3) is 5.91 Å². The summed E-state index contributed by atoms with van der Waals surface area (Å²) in [5.74, 6) is 0.0599. The maximum Gasteiger partial charge on any atom is 0.324 e. The summed E-state index contributed by atoms with van der Waals surface area (Å²) in [6.07, 6.45) is 2.20. The van der Waals surface area contributed by atoms with Gasteiger partial charge in [0.15, 0.2) is 0 Å². The lowest BCUT2D eigenvalue weighted by Crippen LogP contribution is -2.33. The molecule has 0 spiro atoms. The molecule has 2 rings (SSSR count). The van der Waals surface area contributed by atoms with Gasteiger partial charge >= 0.3 is 6.03 Å². The van der Waals surface area contributed by atoms with Gasteiger partial charge in [0.2, 0.25) is 0 Å². The summed E-state index contributed by atoms with van der Waals surface area (Å²) in [7, 11) is 0. The fourth-order valence-corrected chi connectivity index (χ4v) is 2.44. The average molecular weight is 292 g/mol. The lowest BCUT2D eigenvalue weighted by molar-refractivity contribution is -0.127. The smallest absolute Gasteiger partial charge is 0.324 e. The predicted octanol–water partition coefficient (Wildman–Crippen LogP) is 2.72. The summed E-state index contributed by atoms with van der Waals surface area (Å²) in [4.78, 5) is 25.4. The first-order chi connectivity index (χ1) is 9.97. The fraction of sp³-hybridized carbons (Fsp3) is 0.500. The van der Waals surface area contributed by atoms with Crippen molar-refractivity contribution >= 4 is 11.9 Å². The van der Waals surface area contributed by atoms with Crippen LogP contribution in [0.1, 0.15) is 32.3 Å². The zero-order valence-corrected chi connectivity index (χ0v) is 12.4. The van der Waals surface area contributed by atoms with Crippen LogP contribution in [0.2, 0.25) is 0 Å². The Bertz CT molecular complexity index is 514. The van der Waals surface area contributed by atoms with Gasteiger partial charge in [0, 0.05) is 13.0 Å². The number of hydrogen-bond donors (Lipinski definition) is 1. The number of hydrogen-bond acceptors (Lipinski definition) is 2. The minimum atomic E-state index is -0.540. The molecule has 0 radical (unpaired) electrons. The second-order valence-corrected chi connectivity index (χ2v) is 5.86. The number of imide groups is 1. The molecule has 21 heavy (non-hydrogen) atoms. The minimum Gasteiger partial charge on any atom is -0.325 e. The Kier molecular flexibility index (Phi) is 4.94. The lowest BCUT2D eigenvalue weighted by Gasteiger charge is -2.13. The van der Waals surface area contributed by atoms with Gasteiger partial charge in [-0.2, -0.15) is 0 Å². The summed E-state index contributed by atoms with van der Waals surface area (Å²) < 4.78 is 12.9. The highest BCUT2D eigenvalue weighted by Crippen LogP contribution is 2.14. The molecular weight excluding hydrogens is 271 g/mol. The van der Waals surface area contributed by atoms with Crippen LogP contribution in [0.5, 0.6) is 0 Å². The zero-order valence-electron chi connectivity index (χ0n) is 12.4. The summed E-state index contributed by atoms with van der Waals surface area (Å²) in [5, 5.41) is 2.70. The number of carbonyl (C=O) groups is 2. The van der Waals surface area contributed by atoms with E-state index in [4.69, 9.17) is 0 Å². The second kappa shape index (κ2) is 6.70. The van der Waals surface area contributed by atoms with Gasteiger partial charge in [-0.05, 0) is 36.5 Å². The SMILES string of the molecule is CC(C)CCCN1C(=O)NC(Cc2ccc(F)cc2)C1=O. The summed E-state index contributed by atoms with van der Waals surface area (Å²) in [6.45, 7) is 4.69. The largest absolute Gasteiger partial charge is 0.325 e. The molecule has 1 aromatic carbocycles. The first-order valence-electron chi connectivity index (χ1n) is 7.33. The van der Waals surface area contributed by atoms with E-state index in [1.165, 1.54) is 17.0 Å². The van der Waals surface area contributed by atoms with Gasteiger partial charge in [0.05, 0.1) is 0 Å². The van der Waals surface area contributed by atoms with Gasteiger partial charge in [-0.15, -0.1) is 0 Å². The van der Waals surface area contributed by atoms with Crippen molar-refractivity contribution in [3.05, 3.63) is 35.6 Å². The van der Waals surface area contributed by atoms with Crippen LogP contribution in [0.4, 0.5) is 9.18 Å². The Balaban J connectivity index is 1.92. The maximum atomic E-state index is 12.9. The normalized spacial score (nSPS) is 18.5. The summed E-state index contributed by atoms with van der Waals surface area (Å²) in [6, 6.07) is 5.12. The van der Waals surface area contributed by atoms with Crippen LogP contribution in [-0.4, -0.2) is 29.4 Å². The molecule has 5 heteroatoms. The molecule has 0 aromatic heterocycles. The second-order valence-electron chi connectivity index (χ2n) is 5.86. The molecule has 1 N–H and O–H groups in total. The third-order valence-corrected chi connectivity index (χ3v) is 3.62. The molecule has 1 aliphatic heterocycles. The summed E-state index contributed by atoms with van der Waals surface area (Å²) in [5.41, 5.74) is 0.832. The molecule has 1 saturated heterocycles. The van der Waals surface area contributed by atoms with E-state index in [-0.39, 0.29) is 17.8 Å². The Morgan fingerprint density at radius 3 is 2.52 bits per heavy atom. The Labute approximate surface area is 124 Å². The number of carbonyl (C=O) groups excluding carboxylic acids is 2. The molecule has 114 valence electrons. The number of halogens is 1. The molecule has 1 fully saturated rings. The third kappa shape index (κ3) is 4.03. The molecule has 1 aromatic rings. The Hall–Kier alpha value is -1.91. The molecule has 0 aliphatic carbocycles. The Morgan fingerprint density at radius 2 is 1.90 bits per heavy atom. The van der Waals surface area contributed by atoms with Crippen molar-refractivity contribution in [1.82, 2.24) is 10.2 Å². The number of amides is 3. The molecule has 1 aliphatic rings. The van der Waals surface area contributed by atoms with E-state index < -0.39 is 6.04 Å². The lowest BCUT2D eigenvalue weighted by atomic mass is 10.1. The van der Waals surface area contributed by atoms with Crippen LogP contribution < -0.4 is 5.32 Å². The summed E-state index contributed by atoms with van der Waals surface area (Å²) >= 11 is 0. The van der Waals surface area contributed by atoms with Crippen molar-refractivity contribution < 1.29 is 14.0 Å². The molecule has 1 unspecified atom stereocenters. The minimum absolute atomic E-state index is 0.187. The van der Waals surface area contributed by atoms with Crippen LogP contribution in [0.25, 0.3) is 0 Å². The van der Waals surface area contributed by atoms with E-state index in [9.17, 15) is 14.0 Å². The number of urea groups is 1. The maximum absolute atomic E-state index is 12.9. The van der Waals surface area contributed by atoms with Crippen molar-refractivity contribution in [1.29, 1.82) is 0 Å². The highest BCUT2D eigenvalue weighted by atomic mass is 19.1. The van der Waals surface area contributed by atoms with E-state index in [2.05, 4.69) is 19.2 Å². The van der Waals surface area contributed by atoms with Gasteiger partial charge in [0.1, 0.15) is 11.9 Å². The van der Waals surface area contributed by atoms with Gasteiger partial charge in [-0.3, -0.25) is 9.69 Å². The third-order valence-electron chi connectivity index (χ3n) is 3.62. The number of rotatable bonds is 6. The standard InChI is InChI=1S/C16H21FN2O2/c1-11(2)4-3-9-19-15(20)14(18-16(19)21)10-12-5-7-13(17)8-6-12/h5-8,11,14H,3-4,9-10H2,1-2H3,(H,18,21). The number of benzene rings is 1. The number of nitrogens with one attached hydrogen (secondary N) is 1. The van der Waals surface area contributed by atoms with Gasteiger partial charge in [-0.1, -0.05) is 26.0 Å². The monoisotopic (exact) mass is 292 g/mol. The first-order valence-corrected chi connectivity index (χ1v) is 7.33. The molecule has 1 atom stereocenters. The van der Waals surface area contributed by atoms with Crippen LogP contribution in [0, 0.1) is 11.7 Å². The van der Waals surface area contributed by atoms with E-state index in [0.29, 0.717) is 18.9 Å². The fourth-order valence-electron chi connectivity index (χ4n) is 2.44. The molecular formula is C16H21FN2O2.